The van der Waals surface area contributed by atoms with Crippen molar-refractivity contribution in [2.75, 3.05) is 12.4 Å². The van der Waals surface area contributed by atoms with Crippen LogP contribution in [-0.4, -0.2) is 17.1 Å². The largest absolute Gasteiger partial charge is 0.497 e. The van der Waals surface area contributed by atoms with Crippen LogP contribution in [0.5, 0.6) is 5.75 Å². The minimum Gasteiger partial charge on any atom is -0.497 e. The molecule has 1 N–H and O–H groups in total. The first-order chi connectivity index (χ1) is 13.8. The smallest absolute Gasteiger partial charge is 0.143 e. The molecule has 140 valence electrons. The highest BCUT2D eigenvalue weighted by atomic mass is 32.1. The van der Waals surface area contributed by atoms with Crippen LogP contribution < -0.4 is 10.1 Å². The Hall–Kier alpha value is -2.92. The van der Waals surface area contributed by atoms with Crippen LogP contribution in [0.3, 0.4) is 0 Å². The summed E-state index contributed by atoms with van der Waals surface area (Å²) in [7, 11) is 1.69. The molecule has 2 aromatic carbocycles. The van der Waals surface area contributed by atoms with Gasteiger partial charge < -0.3 is 10.1 Å². The third-order valence-electron chi connectivity index (χ3n) is 5.15. The predicted molar refractivity (Wildman–Crippen MR) is 115 cm³/mol. The topological polar surface area (TPSA) is 47.0 Å². The fourth-order valence-corrected chi connectivity index (χ4v) is 5.11. The number of methoxy groups -OCH3 is 1. The molecule has 0 radical (unpaired) electrons. The van der Waals surface area contributed by atoms with Gasteiger partial charge >= 0.3 is 0 Å². The molecule has 2 aromatic heterocycles. The van der Waals surface area contributed by atoms with E-state index in [1.54, 1.807) is 7.11 Å². The van der Waals surface area contributed by atoms with Gasteiger partial charge in [-0.3, -0.25) is 0 Å². The Kier molecular flexibility index (Phi) is 4.45. The van der Waals surface area contributed by atoms with Crippen molar-refractivity contribution in [2.45, 2.75) is 25.7 Å². The van der Waals surface area contributed by atoms with Crippen LogP contribution >= 0.6 is 11.3 Å². The lowest BCUT2D eigenvalue weighted by Crippen LogP contribution is -2.02. The van der Waals surface area contributed by atoms with E-state index >= 15 is 0 Å². The molecule has 0 unspecified atom stereocenters. The highest BCUT2D eigenvalue weighted by molar-refractivity contribution is 7.19. The Labute approximate surface area is 168 Å². The molecule has 0 saturated carbocycles. The number of rotatable bonds is 5. The van der Waals surface area contributed by atoms with Crippen molar-refractivity contribution in [3.05, 3.63) is 76.4 Å². The number of ether oxygens (including phenoxy) is 1. The second-order valence-electron chi connectivity index (χ2n) is 7.05. The van der Waals surface area contributed by atoms with Crippen molar-refractivity contribution in [1.29, 1.82) is 0 Å². The average molecular weight is 388 g/mol. The van der Waals surface area contributed by atoms with Gasteiger partial charge in [0.25, 0.3) is 0 Å². The minimum absolute atomic E-state index is 0.728. The molecule has 1 aliphatic carbocycles. The van der Waals surface area contributed by atoms with Crippen molar-refractivity contribution in [2.24, 2.45) is 0 Å². The minimum atomic E-state index is 0.728. The molecular weight excluding hydrogens is 366 g/mol. The number of fused-ring (bicyclic) bond motifs is 3. The van der Waals surface area contributed by atoms with Gasteiger partial charge in [-0.05, 0) is 42.5 Å². The van der Waals surface area contributed by atoms with E-state index in [4.69, 9.17) is 14.7 Å². The molecule has 1 aliphatic rings. The van der Waals surface area contributed by atoms with Gasteiger partial charge in [0.1, 0.15) is 22.2 Å². The fourth-order valence-electron chi connectivity index (χ4n) is 3.83. The number of nitrogens with one attached hydrogen (secondary N) is 1. The van der Waals surface area contributed by atoms with Crippen LogP contribution in [0.1, 0.15) is 28.2 Å². The Balaban J connectivity index is 1.60. The van der Waals surface area contributed by atoms with E-state index in [0.29, 0.717) is 0 Å². The van der Waals surface area contributed by atoms with Crippen LogP contribution in [0.4, 0.5) is 11.5 Å². The summed E-state index contributed by atoms with van der Waals surface area (Å²) in [6.07, 6.45) is 4.22. The Bertz CT molecular complexity index is 1140. The lowest BCUT2D eigenvalue weighted by atomic mass is 10.1. The SMILES string of the molecule is COc1cccc(Nc2nc(Cc3ccccc3)nc3sc4c(c23)CCC4)c1. The maximum Gasteiger partial charge on any atom is 0.143 e. The van der Waals surface area contributed by atoms with Gasteiger partial charge in [-0.1, -0.05) is 36.4 Å². The van der Waals surface area contributed by atoms with E-state index < -0.39 is 0 Å². The van der Waals surface area contributed by atoms with E-state index in [1.165, 1.54) is 27.8 Å². The summed E-state index contributed by atoms with van der Waals surface area (Å²) in [6.45, 7) is 0. The third kappa shape index (κ3) is 3.22. The molecule has 0 amide bonds. The van der Waals surface area contributed by atoms with Gasteiger partial charge in [0, 0.05) is 23.1 Å². The fraction of sp³-hybridized carbons (Fsp3) is 0.217. The lowest BCUT2D eigenvalue weighted by Gasteiger charge is -2.11. The molecular formula is C23H21N3OS. The summed E-state index contributed by atoms with van der Waals surface area (Å²) >= 11 is 1.83. The number of benzene rings is 2. The van der Waals surface area contributed by atoms with E-state index in [-0.39, 0.29) is 0 Å². The molecule has 0 saturated heterocycles. The molecule has 4 aromatic rings. The number of nitrogens with zero attached hydrogens (tertiary/aromatic N) is 2. The normalized spacial score (nSPS) is 12.9. The summed E-state index contributed by atoms with van der Waals surface area (Å²) in [5.41, 5.74) is 3.62. The summed E-state index contributed by atoms with van der Waals surface area (Å²) in [5, 5.41) is 4.73. The van der Waals surface area contributed by atoms with Gasteiger partial charge in [-0.15, -0.1) is 11.3 Å². The first kappa shape index (κ1) is 17.2. The maximum absolute atomic E-state index is 5.37. The molecule has 5 rings (SSSR count). The van der Waals surface area contributed by atoms with E-state index in [0.717, 1.165) is 47.2 Å². The highest BCUT2D eigenvalue weighted by Gasteiger charge is 2.22. The molecule has 28 heavy (non-hydrogen) atoms. The lowest BCUT2D eigenvalue weighted by molar-refractivity contribution is 0.415. The van der Waals surface area contributed by atoms with Crippen LogP contribution in [0, 0.1) is 0 Å². The molecule has 4 nitrogen and oxygen atoms in total. The average Bonchev–Trinajstić information content (AvgIpc) is 3.30. The summed E-state index contributed by atoms with van der Waals surface area (Å²) in [4.78, 5) is 12.4. The van der Waals surface area contributed by atoms with Crippen molar-refractivity contribution >= 4 is 33.1 Å². The number of hydrogen-bond donors (Lipinski definition) is 1. The van der Waals surface area contributed by atoms with Crippen molar-refractivity contribution < 1.29 is 4.74 Å². The molecule has 0 spiro atoms. The number of aromatic nitrogens is 2. The monoisotopic (exact) mass is 387 g/mol. The highest BCUT2D eigenvalue weighted by Crippen LogP contribution is 2.40. The Morgan fingerprint density at radius 3 is 2.79 bits per heavy atom. The zero-order valence-electron chi connectivity index (χ0n) is 15.7. The van der Waals surface area contributed by atoms with Gasteiger partial charge in [0.05, 0.1) is 12.5 Å². The Morgan fingerprint density at radius 1 is 1.04 bits per heavy atom. The maximum atomic E-state index is 5.37. The second-order valence-corrected chi connectivity index (χ2v) is 8.13. The molecule has 2 heterocycles. The predicted octanol–water partition coefficient (Wildman–Crippen LogP) is 5.52. The van der Waals surface area contributed by atoms with Gasteiger partial charge in [0.15, 0.2) is 0 Å². The number of aryl methyl sites for hydroxylation is 2. The molecule has 0 atom stereocenters. The second kappa shape index (κ2) is 7.24. The van der Waals surface area contributed by atoms with Gasteiger partial charge in [-0.25, -0.2) is 9.97 Å². The first-order valence-corrected chi connectivity index (χ1v) is 10.4. The molecule has 0 fully saturated rings. The van der Waals surface area contributed by atoms with E-state index in [1.807, 2.05) is 41.7 Å². The summed E-state index contributed by atoms with van der Waals surface area (Å²) < 4.78 is 5.37. The number of anilines is 2. The molecule has 0 aliphatic heterocycles. The van der Waals surface area contributed by atoms with Crippen molar-refractivity contribution in [3.63, 3.8) is 0 Å². The zero-order chi connectivity index (χ0) is 18.9. The van der Waals surface area contributed by atoms with Crippen LogP contribution in [0.2, 0.25) is 0 Å². The van der Waals surface area contributed by atoms with Crippen LogP contribution in [0.15, 0.2) is 54.6 Å². The van der Waals surface area contributed by atoms with Crippen molar-refractivity contribution in [3.8, 4) is 5.75 Å². The zero-order valence-corrected chi connectivity index (χ0v) is 16.6. The van der Waals surface area contributed by atoms with Crippen LogP contribution in [0.25, 0.3) is 10.2 Å². The standard InChI is InChI=1S/C23H21N3OS/c1-27-17-10-5-9-16(14-17)24-22-21-18-11-6-12-19(18)28-23(21)26-20(25-22)13-15-7-3-2-4-8-15/h2-5,7-10,14H,6,11-13H2,1H3,(H,24,25,26). The third-order valence-corrected chi connectivity index (χ3v) is 6.33. The molecule has 5 heteroatoms. The Morgan fingerprint density at radius 2 is 1.93 bits per heavy atom. The summed E-state index contributed by atoms with van der Waals surface area (Å²) in [5.74, 6) is 2.59. The van der Waals surface area contributed by atoms with Gasteiger partial charge in [-0.2, -0.15) is 0 Å². The first-order valence-electron chi connectivity index (χ1n) is 9.56. The quantitative estimate of drug-likeness (QED) is 0.490. The van der Waals surface area contributed by atoms with Crippen molar-refractivity contribution in [1.82, 2.24) is 9.97 Å². The summed E-state index contributed by atoms with van der Waals surface area (Å²) in [6, 6.07) is 18.4. The van der Waals surface area contributed by atoms with E-state index in [9.17, 15) is 0 Å². The van der Waals surface area contributed by atoms with E-state index in [2.05, 4.69) is 29.6 Å². The van der Waals surface area contributed by atoms with Gasteiger partial charge in [0.2, 0.25) is 0 Å². The number of hydrogen-bond acceptors (Lipinski definition) is 5. The molecule has 0 bridgehead atoms. The number of thiophene rings is 1. The van der Waals surface area contributed by atoms with Crippen LogP contribution in [-0.2, 0) is 19.3 Å².